The monoisotopic (exact) mass is 792 g/mol. The van der Waals surface area contributed by atoms with Crippen LogP contribution in [0.4, 0.5) is 0 Å². The smallest absolute Gasteiger partial charge is 0.326 e. The Bertz CT molecular complexity index is 1550. The second-order valence-electron chi connectivity index (χ2n) is 11.8. The Kier molecular flexibility index (Phi) is 21.3. The molecule has 0 aliphatic rings. The second-order valence-corrected chi connectivity index (χ2v) is 13.9. The van der Waals surface area contributed by atoms with E-state index in [1.54, 1.807) is 23.5 Å². The van der Waals surface area contributed by atoms with Gasteiger partial charge in [-0.25, -0.2) is 4.79 Å². The number of carboxylic acid groups (broad SMARTS) is 4. The van der Waals surface area contributed by atoms with Crippen LogP contribution in [0.3, 0.4) is 0 Å². The maximum absolute atomic E-state index is 12.9. The molecule has 54 heavy (non-hydrogen) atoms. The summed E-state index contributed by atoms with van der Waals surface area (Å²) in [6, 6.07) is 13.7. The molecule has 8 N–H and O–H groups in total. The lowest BCUT2D eigenvalue weighted by Gasteiger charge is -2.27. The van der Waals surface area contributed by atoms with Crippen molar-refractivity contribution in [3.05, 3.63) is 60.7 Å². The zero-order chi connectivity index (χ0) is 40.8. The van der Waals surface area contributed by atoms with E-state index in [1.165, 1.54) is 13.8 Å². The van der Waals surface area contributed by atoms with E-state index in [-0.39, 0.29) is 5.78 Å². The molecule has 19 heteroatoms. The van der Waals surface area contributed by atoms with Gasteiger partial charge in [-0.3, -0.25) is 38.4 Å². The second kappa shape index (κ2) is 24.7. The van der Waals surface area contributed by atoms with Crippen LogP contribution in [0.2, 0.25) is 0 Å². The van der Waals surface area contributed by atoms with Crippen LogP contribution in [0, 0.1) is 5.92 Å². The Morgan fingerprint density at radius 1 is 0.574 bits per heavy atom. The van der Waals surface area contributed by atoms with Gasteiger partial charge in [-0.1, -0.05) is 50.2 Å². The number of carbonyl (C=O) groups is 9. The van der Waals surface area contributed by atoms with Crippen molar-refractivity contribution in [1.82, 2.24) is 21.3 Å². The number of amides is 4. The van der Waals surface area contributed by atoms with Crippen molar-refractivity contribution in [3.8, 4) is 0 Å². The van der Waals surface area contributed by atoms with Crippen molar-refractivity contribution >= 4 is 76.8 Å². The SMILES string of the molecule is CC(=O)N[C@@H](CC(=O)O)C(=O)N[C@@H](CCC(=O)O)C(=O)N[C@H](C(=O)N[C@@H](CC(=O)O)C(=O)O)C(C)C.O=C(CSc1ccccc1)CSc1ccccc1. The largest absolute Gasteiger partial charge is 0.481 e. The first kappa shape index (κ1) is 46.6. The molecule has 17 nitrogen and oxygen atoms in total. The molecular weight excluding hydrogens is 749 g/mol. The molecule has 2 aromatic rings. The van der Waals surface area contributed by atoms with E-state index < -0.39 is 103 Å². The molecule has 2 rings (SSSR count). The zero-order valence-electron chi connectivity index (χ0n) is 29.7. The number of benzene rings is 2. The first-order chi connectivity index (χ1) is 25.4. The Morgan fingerprint density at radius 3 is 1.43 bits per heavy atom. The lowest BCUT2D eigenvalue weighted by atomic mass is 10.0. The fourth-order valence-corrected chi connectivity index (χ4v) is 5.95. The molecule has 0 bridgehead atoms. The van der Waals surface area contributed by atoms with Gasteiger partial charge < -0.3 is 41.7 Å². The maximum Gasteiger partial charge on any atom is 0.326 e. The van der Waals surface area contributed by atoms with Crippen LogP contribution >= 0.6 is 23.5 Å². The third kappa shape index (κ3) is 20.0. The van der Waals surface area contributed by atoms with Crippen LogP contribution in [-0.2, 0) is 43.2 Å². The third-order valence-corrected chi connectivity index (χ3v) is 9.02. The molecule has 0 fully saturated rings. The number of carbonyl (C=O) groups excluding carboxylic acids is 5. The number of Topliss-reactive ketones (excluding diaryl/α,β-unsaturated/α-hetero) is 1. The van der Waals surface area contributed by atoms with Gasteiger partial charge in [0, 0.05) is 23.1 Å². The Balaban J connectivity index is 0.000000667. The van der Waals surface area contributed by atoms with Crippen LogP contribution in [0.15, 0.2) is 70.5 Å². The van der Waals surface area contributed by atoms with Gasteiger partial charge in [-0.15, -0.1) is 23.5 Å². The van der Waals surface area contributed by atoms with Gasteiger partial charge in [0.25, 0.3) is 0 Å². The predicted octanol–water partition coefficient (Wildman–Crippen LogP) is 1.64. The summed E-state index contributed by atoms with van der Waals surface area (Å²) in [5.41, 5.74) is 0. The van der Waals surface area contributed by atoms with Gasteiger partial charge in [0.2, 0.25) is 23.6 Å². The minimum absolute atomic E-state index is 0.276. The number of carboxylic acids is 4. The van der Waals surface area contributed by atoms with E-state index in [0.717, 1.165) is 16.7 Å². The highest BCUT2D eigenvalue weighted by atomic mass is 32.2. The fourth-order valence-electron chi connectivity index (χ4n) is 4.27. The summed E-state index contributed by atoms with van der Waals surface area (Å²) in [5, 5.41) is 44.4. The average Bonchev–Trinajstić information content (AvgIpc) is 3.10. The molecule has 0 aliphatic heterocycles. The normalized spacial score (nSPS) is 12.7. The molecule has 4 atom stereocenters. The quantitative estimate of drug-likeness (QED) is 0.0787. The van der Waals surface area contributed by atoms with Crippen molar-refractivity contribution in [2.24, 2.45) is 5.92 Å². The van der Waals surface area contributed by atoms with Gasteiger partial charge in [-0.05, 0) is 36.6 Å². The lowest BCUT2D eigenvalue weighted by Crippen LogP contribution is -2.59. The molecule has 0 saturated heterocycles. The molecule has 0 unspecified atom stereocenters. The summed E-state index contributed by atoms with van der Waals surface area (Å²) < 4.78 is 0. The van der Waals surface area contributed by atoms with Crippen molar-refractivity contribution in [2.45, 2.75) is 80.4 Å². The number of rotatable bonds is 22. The van der Waals surface area contributed by atoms with E-state index in [4.69, 9.17) is 20.4 Å². The Morgan fingerprint density at radius 2 is 1.02 bits per heavy atom. The summed E-state index contributed by atoms with van der Waals surface area (Å²) in [4.78, 5) is 107. The molecule has 4 amide bonds. The average molecular weight is 793 g/mol. The molecule has 0 radical (unpaired) electrons. The number of ketones is 1. The number of hydrogen-bond acceptors (Lipinski definition) is 11. The molecule has 0 spiro atoms. The Labute approximate surface area is 319 Å². The van der Waals surface area contributed by atoms with E-state index in [0.29, 0.717) is 11.5 Å². The predicted molar refractivity (Wildman–Crippen MR) is 197 cm³/mol. The van der Waals surface area contributed by atoms with Gasteiger partial charge in [0.1, 0.15) is 24.2 Å². The highest BCUT2D eigenvalue weighted by molar-refractivity contribution is 8.01. The van der Waals surface area contributed by atoms with Crippen molar-refractivity contribution in [2.75, 3.05) is 11.5 Å². The number of nitrogens with one attached hydrogen (secondary N) is 4. The molecule has 0 heterocycles. The van der Waals surface area contributed by atoms with Crippen LogP contribution < -0.4 is 21.3 Å². The minimum atomic E-state index is -1.80. The highest BCUT2D eigenvalue weighted by Crippen LogP contribution is 2.20. The van der Waals surface area contributed by atoms with Gasteiger partial charge >= 0.3 is 23.9 Å². The lowest BCUT2D eigenvalue weighted by molar-refractivity contribution is -0.147. The van der Waals surface area contributed by atoms with Crippen LogP contribution in [-0.4, -0.2) is 109 Å². The van der Waals surface area contributed by atoms with Crippen molar-refractivity contribution in [3.63, 3.8) is 0 Å². The molecule has 0 saturated carbocycles. The van der Waals surface area contributed by atoms with E-state index in [9.17, 15) is 43.2 Å². The summed E-state index contributed by atoms with van der Waals surface area (Å²) in [6.45, 7) is 3.97. The van der Waals surface area contributed by atoms with Crippen LogP contribution in [0.5, 0.6) is 0 Å². The van der Waals surface area contributed by atoms with Gasteiger partial charge in [-0.2, -0.15) is 0 Å². The first-order valence-electron chi connectivity index (χ1n) is 16.3. The van der Waals surface area contributed by atoms with E-state index >= 15 is 0 Å². The van der Waals surface area contributed by atoms with Gasteiger partial charge in [0.05, 0.1) is 24.3 Å². The van der Waals surface area contributed by atoms with Crippen LogP contribution in [0.1, 0.15) is 46.5 Å². The van der Waals surface area contributed by atoms with Gasteiger partial charge in [0.15, 0.2) is 5.78 Å². The molecule has 294 valence electrons. The minimum Gasteiger partial charge on any atom is -0.481 e. The summed E-state index contributed by atoms with van der Waals surface area (Å²) >= 11 is 3.20. The first-order valence-corrected chi connectivity index (χ1v) is 18.3. The summed E-state index contributed by atoms with van der Waals surface area (Å²) in [6.07, 6.45) is -2.86. The van der Waals surface area contributed by atoms with Crippen LogP contribution in [0.25, 0.3) is 0 Å². The van der Waals surface area contributed by atoms with Crippen molar-refractivity contribution in [1.29, 1.82) is 0 Å². The topological polar surface area (TPSA) is 283 Å². The Hall–Kier alpha value is -5.43. The van der Waals surface area contributed by atoms with E-state index in [2.05, 4.69) is 16.0 Å². The maximum atomic E-state index is 12.9. The third-order valence-electron chi connectivity index (χ3n) is 6.88. The summed E-state index contributed by atoms with van der Waals surface area (Å²) in [5.74, 6) is -9.15. The standard InChI is InChI=1S/C20H30N4O12.C15H14OS2/c1-8(2)16(19(34)23-12(20(35)36)7-15(30)31)24-17(32)10(4-5-13(26)27)22-18(33)11(6-14(28)29)21-9(3)25;16-13(11-17-14-7-3-1-4-8-14)12-18-15-9-5-2-6-10-15/h8,10-12,16H,4-7H2,1-3H3,(H,21,25)(H,22,33)(H,23,34)(H,24,32)(H,26,27)(H,28,29)(H,30,31)(H,35,36);1-10H,11-12H2/t10-,11-,12-,16-;/m0./s1. The number of aliphatic carboxylic acids is 4. The van der Waals surface area contributed by atoms with Crippen molar-refractivity contribution < 1.29 is 63.6 Å². The number of hydrogen-bond donors (Lipinski definition) is 8. The molecular formula is C35H44N4O13S2. The highest BCUT2D eigenvalue weighted by Gasteiger charge is 2.33. The zero-order valence-corrected chi connectivity index (χ0v) is 31.3. The number of thioether (sulfide) groups is 2. The van der Waals surface area contributed by atoms with E-state index in [1.807, 2.05) is 66.0 Å². The molecule has 2 aromatic carbocycles. The molecule has 0 aliphatic carbocycles. The summed E-state index contributed by atoms with van der Waals surface area (Å²) in [7, 11) is 0. The molecule has 0 aromatic heterocycles. The fraction of sp³-hybridized carbons (Fsp3) is 0.400.